The lowest BCUT2D eigenvalue weighted by Gasteiger charge is -2.52. The summed E-state index contributed by atoms with van der Waals surface area (Å²) < 4.78 is 12.9. The highest BCUT2D eigenvalue weighted by Crippen LogP contribution is 2.71. The van der Waals surface area contributed by atoms with Gasteiger partial charge in [-0.3, -0.25) is 0 Å². The molecule has 0 saturated carbocycles. The van der Waals surface area contributed by atoms with Gasteiger partial charge in [-0.1, -0.05) is 80.8 Å². The lowest BCUT2D eigenvalue weighted by molar-refractivity contribution is 0.101. The molecular weight excluding hydrogens is 514 g/mol. The van der Waals surface area contributed by atoms with Crippen LogP contribution in [0, 0.1) is 5.41 Å². The van der Waals surface area contributed by atoms with Crippen LogP contribution in [0.3, 0.4) is 0 Å². The molecular formula is C34H53N3O2S. The number of hydrogen-bond donors (Lipinski definition) is 1. The molecule has 2 unspecified atom stereocenters. The summed E-state index contributed by atoms with van der Waals surface area (Å²) in [5.41, 5.74) is 0.0770. The molecule has 0 amide bonds. The van der Waals surface area contributed by atoms with Crippen molar-refractivity contribution in [2.45, 2.75) is 114 Å². The molecule has 6 heteroatoms. The van der Waals surface area contributed by atoms with E-state index < -0.39 is 10.3 Å². The first-order valence-electron chi connectivity index (χ1n) is 14.8. The molecule has 0 aliphatic carbocycles. The minimum absolute atomic E-state index is 0. The van der Waals surface area contributed by atoms with E-state index in [2.05, 4.69) is 124 Å². The molecule has 2 heterocycles. The second-order valence-corrected chi connectivity index (χ2v) is 16.0. The zero-order chi connectivity index (χ0) is 29.4. The van der Waals surface area contributed by atoms with Gasteiger partial charge in [0.25, 0.3) is 0 Å². The fourth-order valence-corrected chi connectivity index (χ4v) is 8.84. The van der Waals surface area contributed by atoms with Crippen LogP contribution in [0.5, 0.6) is 5.75 Å². The Morgan fingerprint density at radius 2 is 1.45 bits per heavy atom. The zero-order valence-electron chi connectivity index (χ0n) is 26.1. The van der Waals surface area contributed by atoms with Gasteiger partial charge in [-0.15, -0.1) is 0 Å². The molecule has 1 aliphatic rings. The lowest BCUT2D eigenvalue weighted by Crippen LogP contribution is -2.51. The van der Waals surface area contributed by atoms with Gasteiger partial charge in [0.05, 0.1) is 31.1 Å². The minimum atomic E-state index is -1.81. The van der Waals surface area contributed by atoms with E-state index >= 15 is 0 Å². The van der Waals surface area contributed by atoms with Crippen LogP contribution in [0.2, 0.25) is 0 Å². The van der Waals surface area contributed by atoms with Crippen LogP contribution < -0.4 is 10.1 Å². The summed E-state index contributed by atoms with van der Waals surface area (Å²) in [5.74, 6) is 1.52. The summed E-state index contributed by atoms with van der Waals surface area (Å²) in [6, 6.07) is 21.8. The predicted octanol–water partition coefficient (Wildman–Crippen LogP) is 9.40. The van der Waals surface area contributed by atoms with Crippen LogP contribution in [-0.4, -0.2) is 33.5 Å². The van der Waals surface area contributed by atoms with Crippen molar-refractivity contribution in [1.82, 2.24) is 15.3 Å². The van der Waals surface area contributed by atoms with Crippen molar-refractivity contribution >= 4 is 10.3 Å². The highest BCUT2D eigenvalue weighted by molar-refractivity contribution is 8.31. The van der Waals surface area contributed by atoms with Crippen LogP contribution in [0.4, 0.5) is 0 Å². The first kappa shape index (κ1) is 32.1. The number of aromatic nitrogens is 2. The molecule has 0 spiro atoms. The third-order valence-electron chi connectivity index (χ3n) is 7.18. The molecule has 0 bridgehead atoms. The average Bonchev–Trinajstić information content (AvgIpc) is 2.91. The van der Waals surface area contributed by atoms with Crippen LogP contribution in [0.25, 0.3) is 0 Å². The second kappa shape index (κ2) is 14.0. The van der Waals surface area contributed by atoms with E-state index in [1.54, 1.807) is 12.4 Å². The van der Waals surface area contributed by atoms with E-state index in [0.717, 1.165) is 18.7 Å². The van der Waals surface area contributed by atoms with Crippen molar-refractivity contribution < 1.29 is 10.3 Å². The summed E-state index contributed by atoms with van der Waals surface area (Å²) in [6.07, 6.45) is 6.98. The van der Waals surface area contributed by atoms with Gasteiger partial charge < -0.3 is 14.2 Å². The van der Waals surface area contributed by atoms with Gasteiger partial charge in [-0.25, -0.2) is 9.97 Å². The molecule has 2 atom stereocenters. The van der Waals surface area contributed by atoms with E-state index in [9.17, 15) is 0 Å². The summed E-state index contributed by atoms with van der Waals surface area (Å²) in [7, 11) is -1.81. The zero-order valence-corrected chi connectivity index (χ0v) is 26.9. The Hall–Kier alpha value is -2.41. The maximum absolute atomic E-state index is 7.25. The number of piperidine rings is 1. The smallest absolute Gasteiger partial charge is 0.156 e. The third kappa shape index (κ3) is 7.65. The van der Waals surface area contributed by atoms with E-state index in [-0.39, 0.29) is 29.8 Å². The van der Waals surface area contributed by atoms with E-state index in [1.807, 2.05) is 13.8 Å². The number of nitrogens with one attached hydrogen (secondary N) is 1. The highest BCUT2D eigenvalue weighted by atomic mass is 32.3. The van der Waals surface area contributed by atoms with Gasteiger partial charge in [0.1, 0.15) is 5.82 Å². The normalized spacial score (nSPS) is 19.4. The standard InChI is InChI=1S/C31H43N3O2S.C3H8.H2/c1-23(2)36-24-20-32-29(33-21-24)27-18-19-31(6,7)28(34-27)22-35-37(30(3,4)5,25-14-10-8-11-15-25)26-16-12-9-13-17-26;1-3-2;/h8-17,20-21,23,27-28,34H,18-19,22H2,1-7H3;3H2,1-2H3;1H. The van der Waals surface area contributed by atoms with Crippen molar-refractivity contribution in [3.63, 3.8) is 0 Å². The van der Waals surface area contributed by atoms with Gasteiger partial charge in [-0.2, -0.15) is 0 Å². The van der Waals surface area contributed by atoms with Crippen LogP contribution in [0.1, 0.15) is 94.9 Å². The highest BCUT2D eigenvalue weighted by Gasteiger charge is 2.44. The Morgan fingerprint density at radius 1 is 0.950 bits per heavy atom. The maximum Gasteiger partial charge on any atom is 0.156 e. The van der Waals surface area contributed by atoms with Crippen molar-refractivity contribution in [2.75, 3.05) is 6.61 Å². The van der Waals surface area contributed by atoms with Gasteiger partial charge in [0, 0.05) is 22.0 Å². The van der Waals surface area contributed by atoms with E-state index in [0.29, 0.717) is 12.4 Å². The van der Waals surface area contributed by atoms with Crippen LogP contribution >= 0.6 is 10.3 Å². The Labute approximate surface area is 246 Å². The molecule has 0 radical (unpaired) electrons. The third-order valence-corrected chi connectivity index (χ3v) is 11.3. The summed E-state index contributed by atoms with van der Waals surface area (Å²) in [6.45, 7) is 20.5. The Bertz CT molecular complexity index is 1110. The number of benzene rings is 2. The summed E-state index contributed by atoms with van der Waals surface area (Å²) >= 11 is 0. The molecule has 3 aromatic rings. The number of ether oxygens (including phenoxy) is 1. The maximum atomic E-state index is 7.25. The molecule has 4 rings (SSSR count). The molecule has 1 N–H and O–H groups in total. The minimum Gasteiger partial charge on any atom is -0.488 e. The van der Waals surface area contributed by atoms with Gasteiger partial charge in [0.15, 0.2) is 5.75 Å². The number of nitrogens with zero attached hydrogens (tertiary/aromatic N) is 2. The fourth-order valence-electron chi connectivity index (χ4n) is 5.11. The Kier molecular flexibility index (Phi) is 11.2. The largest absolute Gasteiger partial charge is 0.488 e. The van der Waals surface area contributed by atoms with Crippen molar-refractivity contribution in [2.24, 2.45) is 5.41 Å². The predicted molar refractivity (Wildman–Crippen MR) is 171 cm³/mol. The SMILES string of the molecule is CC(C)Oc1cnc(C2CCC(C)(C)C(COS(c3ccccc3)(c3ccccc3)C(C)(C)C)N2)nc1.CCC.[HH]. The number of hydrogen-bond acceptors (Lipinski definition) is 5. The monoisotopic (exact) mass is 567 g/mol. The lowest BCUT2D eigenvalue weighted by atomic mass is 9.76. The summed E-state index contributed by atoms with van der Waals surface area (Å²) in [5, 5.41) is 3.87. The fraction of sp³-hybridized carbons (Fsp3) is 0.529. The molecule has 40 heavy (non-hydrogen) atoms. The average molecular weight is 568 g/mol. The van der Waals surface area contributed by atoms with Crippen molar-refractivity contribution in [3.8, 4) is 5.75 Å². The van der Waals surface area contributed by atoms with E-state index in [1.165, 1.54) is 16.2 Å². The van der Waals surface area contributed by atoms with Crippen LogP contribution in [-0.2, 0) is 4.18 Å². The number of rotatable bonds is 8. The molecule has 1 aliphatic heterocycles. The molecule has 222 valence electrons. The molecule has 5 nitrogen and oxygen atoms in total. The first-order chi connectivity index (χ1) is 18.9. The van der Waals surface area contributed by atoms with Gasteiger partial charge in [-0.05, 0) is 77.1 Å². The first-order valence-corrected chi connectivity index (χ1v) is 16.3. The van der Waals surface area contributed by atoms with Gasteiger partial charge >= 0.3 is 0 Å². The molecule has 1 fully saturated rings. The molecule has 1 saturated heterocycles. The molecule has 1 aromatic heterocycles. The van der Waals surface area contributed by atoms with Crippen LogP contribution in [0.15, 0.2) is 82.8 Å². The summed E-state index contributed by atoms with van der Waals surface area (Å²) in [4.78, 5) is 11.8. The Balaban J connectivity index is 0.00000141. The van der Waals surface area contributed by atoms with E-state index in [4.69, 9.17) is 8.92 Å². The quantitative estimate of drug-likeness (QED) is 0.294. The second-order valence-electron chi connectivity index (χ2n) is 12.5. The van der Waals surface area contributed by atoms with Crippen molar-refractivity contribution in [3.05, 3.63) is 78.9 Å². The molecule has 2 aromatic carbocycles. The Morgan fingerprint density at radius 3 is 1.90 bits per heavy atom. The topological polar surface area (TPSA) is 56.3 Å². The van der Waals surface area contributed by atoms with Gasteiger partial charge in [0.2, 0.25) is 0 Å². The van der Waals surface area contributed by atoms with Crippen molar-refractivity contribution in [1.29, 1.82) is 0 Å².